The molecule has 0 saturated carbocycles. The van der Waals surface area contributed by atoms with E-state index in [0.29, 0.717) is 0 Å². The Morgan fingerprint density at radius 1 is 0.696 bits per heavy atom. The minimum atomic E-state index is -1.43. The maximum absolute atomic E-state index is 6.22. The molecule has 1 heterocycles. The Kier molecular flexibility index (Phi) is 15.4. The van der Waals surface area contributed by atoms with Gasteiger partial charge in [-0.2, -0.15) is 0 Å². The molecule has 1 fully saturated rings. The van der Waals surface area contributed by atoms with Crippen molar-refractivity contribution in [1.82, 2.24) is 0 Å². The van der Waals surface area contributed by atoms with Gasteiger partial charge in [-0.15, -0.1) is 0 Å². The third-order valence-electron chi connectivity index (χ3n) is 5.60. The van der Waals surface area contributed by atoms with Gasteiger partial charge in [0.2, 0.25) is 0 Å². The topological polar surface area (TPSA) is 9.23 Å². The monoisotopic (exact) mass is 432 g/mol. The van der Waals surface area contributed by atoms with Gasteiger partial charge in [0.1, 0.15) is 0 Å². The maximum atomic E-state index is 6.22. The van der Waals surface area contributed by atoms with Crippen LogP contribution in [0.1, 0.15) is 110 Å². The third kappa shape index (κ3) is 11.9. The Hall–Kier alpha value is 0.759. The number of unbranched alkanes of at least 4 members (excludes halogenated alkanes) is 10. The molecule has 0 aliphatic carbocycles. The Morgan fingerprint density at radius 2 is 1.22 bits per heavy atom. The summed E-state index contributed by atoms with van der Waals surface area (Å²) in [6, 6.07) is 0. The van der Waals surface area contributed by atoms with E-state index in [1.807, 2.05) is 0 Å². The number of rotatable bonds is 15. The average Bonchev–Trinajstić information content (AvgIpc) is 2.60. The van der Waals surface area contributed by atoms with Crippen LogP contribution in [-0.2, 0) is 4.74 Å². The molecule has 23 heavy (non-hydrogen) atoms. The van der Waals surface area contributed by atoms with Crippen LogP contribution in [0.15, 0.2) is 0 Å². The second-order valence-electron chi connectivity index (χ2n) is 7.78. The van der Waals surface area contributed by atoms with E-state index in [4.69, 9.17) is 4.74 Å². The standard InChI is InChI=1S/2C8H17.C5H9O.Sn.H/c2*1-3-5-7-8-6-4-2;1-2-4-6-5-3-1;;/h2*1,3-8H2,2H3;4H,1-3,5H2;;. The average molecular weight is 431 g/mol. The number of hydrogen-bond donors (Lipinski definition) is 0. The van der Waals surface area contributed by atoms with Gasteiger partial charge in [0.05, 0.1) is 0 Å². The van der Waals surface area contributed by atoms with Crippen LogP contribution in [0.5, 0.6) is 0 Å². The van der Waals surface area contributed by atoms with Gasteiger partial charge in [-0.25, -0.2) is 0 Å². The molecule has 1 aliphatic heterocycles. The van der Waals surface area contributed by atoms with Crippen molar-refractivity contribution in [3.63, 3.8) is 0 Å². The van der Waals surface area contributed by atoms with E-state index >= 15 is 0 Å². The molecule has 0 N–H and O–H groups in total. The molecule has 1 saturated heterocycles. The zero-order valence-corrected chi connectivity index (χ0v) is 19.6. The molecular formula is C21H44OSn. The van der Waals surface area contributed by atoms with Crippen LogP contribution in [-0.4, -0.2) is 30.5 Å². The minimum absolute atomic E-state index is 0.803. The first-order valence-electron chi connectivity index (χ1n) is 11.0. The summed E-state index contributed by atoms with van der Waals surface area (Å²) >= 11 is -1.43. The van der Waals surface area contributed by atoms with Crippen LogP contribution in [0, 0.1) is 0 Å². The first-order valence-corrected chi connectivity index (χ1v) is 17.6. The van der Waals surface area contributed by atoms with E-state index < -0.39 is 19.8 Å². The second kappa shape index (κ2) is 16.2. The van der Waals surface area contributed by atoms with Crippen LogP contribution in [0.2, 0.25) is 8.87 Å². The summed E-state index contributed by atoms with van der Waals surface area (Å²) in [4.78, 5) is 0. The fraction of sp³-hybridized carbons (Fsp3) is 1.00. The summed E-state index contributed by atoms with van der Waals surface area (Å²) in [5, 5.41) is 0. The van der Waals surface area contributed by atoms with E-state index in [-0.39, 0.29) is 0 Å². The Labute approximate surface area is 154 Å². The number of hydrogen-bond acceptors (Lipinski definition) is 1. The van der Waals surface area contributed by atoms with Crippen LogP contribution in [0.25, 0.3) is 0 Å². The molecule has 1 unspecified atom stereocenters. The third-order valence-corrected chi connectivity index (χ3v) is 16.7. The van der Waals surface area contributed by atoms with Crippen molar-refractivity contribution in [2.75, 3.05) is 6.61 Å². The predicted molar refractivity (Wildman–Crippen MR) is 107 cm³/mol. The first-order chi connectivity index (χ1) is 11.4. The summed E-state index contributed by atoms with van der Waals surface area (Å²) in [5.41, 5.74) is 0. The zero-order chi connectivity index (χ0) is 16.6. The van der Waals surface area contributed by atoms with E-state index in [9.17, 15) is 0 Å². The van der Waals surface area contributed by atoms with Crippen LogP contribution >= 0.6 is 0 Å². The molecule has 1 atom stereocenters. The summed E-state index contributed by atoms with van der Waals surface area (Å²) in [7, 11) is 0. The van der Waals surface area contributed by atoms with Gasteiger partial charge in [0.15, 0.2) is 0 Å². The van der Waals surface area contributed by atoms with Gasteiger partial charge in [0, 0.05) is 0 Å². The van der Waals surface area contributed by atoms with Crippen molar-refractivity contribution in [3.05, 3.63) is 0 Å². The molecule has 0 aromatic rings. The molecule has 138 valence electrons. The summed E-state index contributed by atoms with van der Waals surface area (Å²) in [5.74, 6) is 0. The Bertz CT molecular complexity index is 222. The van der Waals surface area contributed by atoms with Crippen molar-refractivity contribution >= 4 is 19.8 Å². The molecule has 0 amide bonds. The van der Waals surface area contributed by atoms with E-state index in [1.165, 1.54) is 96.3 Å². The van der Waals surface area contributed by atoms with Gasteiger partial charge >= 0.3 is 154 Å². The van der Waals surface area contributed by atoms with Crippen molar-refractivity contribution in [3.8, 4) is 0 Å². The van der Waals surface area contributed by atoms with Crippen molar-refractivity contribution in [2.45, 2.75) is 123 Å². The van der Waals surface area contributed by atoms with E-state index in [1.54, 1.807) is 8.87 Å². The van der Waals surface area contributed by atoms with E-state index in [2.05, 4.69) is 13.8 Å². The molecular weight excluding hydrogens is 387 g/mol. The number of ether oxygens (including phenoxy) is 1. The summed E-state index contributed by atoms with van der Waals surface area (Å²) in [6.07, 6.45) is 21.8. The van der Waals surface area contributed by atoms with Gasteiger partial charge in [-0.1, -0.05) is 0 Å². The zero-order valence-electron chi connectivity index (χ0n) is 16.3. The quantitative estimate of drug-likeness (QED) is 0.200. The molecule has 2 heteroatoms. The van der Waals surface area contributed by atoms with Crippen LogP contribution in [0.4, 0.5) is 0 Å². The SMILES string of the molecule is CCCCCCC[CH2][SnH]([CH2]CCCCCCC)[CH]1CCCCO1. The summed E-state index contributed by atoms with van der Waals surface area (Å²) in [6.45, 7) is 5.70. The van der Waals surface area contributed by atoms with E-state index in [0.717, 1.165) is 10.7 Å². The van der Waals surface area contributed by atoms with Crippen molar-refractivity contribution < 1.29 is 4.74 Å². The first kappa shape index (κ1) is 21.8. The second-order valence-corrected chi connectivity index (χ2v) is 17.5. The predicted octanol–water partition coefficient (Wildman–Crippen LogP) is 7.04. The van der Waals surface area contributed by atoms with Gasteiger partial charge in [-0.05, 0) is 0 Å². The molecule has 1 rings (SSSR count). The molecule has 0 bridgehead atoms. The normalized spacial score (nSPS) is 18.7. The Morgan fingerprint density at radius 3 is 1.70 bits per heavy atom. The van der Waals surface area contributed by atoms with Gasteiger partial charge < -0.3 is 0 Å². The summed E-state index contributed by atoms with van der Waals surface area (Å²) < 4.78 is 10.3. The molecule has 0 aromatic carbocycles. The molecule has 0 radical (unpaired) electrons. The van der Waals surface area contributed by atoms with Crippen molar-refractivity contribution in [1.29, 1.82) is 0 Å². The van der Waals surface area contributed by atoms with Crippen LogP contribution < -0.4 is 0 Å². The van der Waals surface area contributed by atoms with Crippen molar-refractivity contribution in [2.24, 2.45) is 0 Å². The molecule has 0 aromatic heterocycles. The molecule has 1 aliphatic rings. The van der Waals surface area contributed by atoms with Gasteiger partial charge in [0.25, 0.3) is 0 Å². The fourth-order valence-corrected chi connectivity index (χ4v) is 14.8. The molecule has 0 spiro atoms. The van der Waals surface area contributed by atoms with Crippen LogP contribution in [0.3, 0.4) is 0 Å². The van der Waals surface area contributed by atoms with Gasteiger partial charge in [-0.3, -0.25) is 0 Å². The Balaban J connectivity index is 2.17. The molecule has 1 nitrogen and oxygen atoms in total. The fourth-order valence-electron chi connectivity index (χ4n) is 4.03.